The highest BCUT2D eigenvalue weighted by Gasteiger charge is 2.50. The van der Waals surface area contributed by atoms with E-state index in [-0.39, 0.29) is 4.90 Å². The molecule has 4 aliphatic carbocycles. The van der Waals surface area contributed by atoms with Crippen LogP contribution in [0.1, 0.15) is 32.1 Å². The second-order valence-corrected chi connectivity index (χ2v) is 11.3. The maximum absolute atomic E-state index is 13.3. The number of ether oxygens (including phenoxy) is 2. The van der Waals surface area contributed by atoms with Gasteiger partial charge in [-0.2, -0.15) is 4.31 Å². The quantitative estimate of drug-likeness (QED) is 0.733. The van der Waals surface area contributed by atoms with Crippen molar-refractivity contribution < 1.29 is 17.9 Å². The molecular weight excluding hydrogens is 388 g/mol. The van der Waals surface area contributed by atoms with E-state index in [0.717, 1.165) is 36.8 Å². The van der Waals surface area contributed by atoms with Crippen LogP contribution >= 0.6 is 0 Å². The SMILES string of the molecule is COc1ccc(S(=O)(=O)N2CCN(C3C4CC5CC(C4)CC3C5)CC2)c(OC)c1. The van der Waals surface area contributed by atoms with Crippen molar-refractivity contribution in [1.29, 1.82) is 0 Å². The molecule has 160 valence electrons. The van der Waals surface area contributed by atoms with Crippen molar-refractivity contribution >= 4 is 10.0 Å². The zero-order valence-electron chi connectivity index (χ0n) is 17.4. The Balaban J connectivity index is 1.29. The maximum atomic E-state index is 13.3. The predicted molar refractivity (Wildman–Crippen MR) is 111 cm³/mol. The summed E-state index contributed by atoms with van der Waals surface area (Å²) in [6.07, 6.45) is 7.08. The van der Waals surface area contributed by atoms with E-state index in [2.05, 4.69) is 4.90 Å². The molecule has 29 heavy (non-hydrogen) atoms. The van der Waals surface area contributed by atoms with Crippen LogP contribution in [0.25, 0.3) is 0 Å². The molecule has 1 heterocycles. The van der Waals surface area contributed by atoms with Crippen LogP contribution in [0.2, 0.25) is 0 Å². The number of nitrogens with zero attached hydrogens (tertiary/aromatic N) is 2. The molecule has 1 saturated heterocycles. The molecule has 5 fully saturated rings. The lowest BCUT2D eigenvalue weighted by Gasteiger charge is -2.58. The number of hydrogen-bond acceptors (Lipinski definition) is 5. The van der Waals surface area contributed by atoms with Gasteiger partial charge in [0.1, 0.15) is 16.4 Å². The van der Waals surface area contributed by atoms with Crippen LogP contribution in [0.5, 0.6) is 11.5 Å². The third-order valence-electron chi connectivity index (χ3n) is 7.86. The Labute approximate surface area is 174 Å². The lowest BCUT2D eigenvalue weighted by molar-refractivity contribution is -0.0720. The van der Waals surface area contributed by atoms with Gasteiger partial charge in [0.25, 0.3) is 0 Å². The first-order valence-electron chi connectivity index (χ1n) is 11.0. The fourth-order valence-corrected chi connectivity index (χ4v) is 8.42. The molecule has 4 saturated carbocycles. The van der Waals surface area contributed by atoms with Gasteiger partial charge in [-0.3, -0.25) is 4.90 Å². The molecule has 0 amide bonds. The van der Waals surface area contributed by atoms with Crippen LogP contribution in [-0.2, 0) is 10.0 Å². The van der Waals surface area contributed by atoms with Crippen LogP contribution in [0, 0.1) is 23.7 Å². The smallest absolute Gasteiger partial charge is 0.246 e. The van der Waals surface area contributed by atoms with Crippen LogP contribution in [0.3, 0.4) is 0 Å². The summed E-state index contributed by atoms with van der Waals surface area (Å²) in [6, 6.07) is 5.60. The minimum absolute atomic E-state index is 0.226. The minimum Gasteiger partial charge on any atom is -0.497 e. The van der Waals surface area contributed by atoms with Crippen molar-refractivity contribution in [1.82, 2.24) is 9.21 Å². The molecule has 0 N–H and O–H groups in total. The van der Waals surface area contributed by atoms with Gasteiger partial charge in [0.15, 0.2) is 0 Å². The predicted octanol–water partition coefficient (Wildman–Crippen LogP) is 2.83. The third-order valence-corrected chi connectivity index (χ3v) is 9.80. The van der Waals surface area contributed by atoms with Gasteiger partial charge in [-0.05, 0) is 67.9 Å². The summed E-state index contributed by atoms with van der Waals surface area (Å²) >= 11 is 0. The lowest BCUT2D eigenvalue weighted by atomic mass is 9.54. The highest BCUT2D eigenvalue weighted by molar-refractivity contribution is 7.89. The molecule has 1 aromatic carbocycles. The lowest BCUT2D eigenvalue weighted by Crippen LogP contribution is -2.60. The van der Waals surface area contributed by atoms with Gasteiger partial charge in [-0.15, -0.1) is 0 Å². The summed E-state index contributed by atoms with van der Waals surface area (Å²) in [7, 11) is -0.518. The summed E-state index contributed by atoms with van der Waals surface area (Å²) in [4.78, 5) is 2.84. The first-order valence-corrected chi connectivity index (χ1v) is 12.4. The number of rotatable bonds is 5. The highest BCUT2D eigenvalue weighted by atomic mass is 32.2. The fraction of sp³-hybridized carbons (Fsp3) is 0.727. The standard InChI is InChI=1S/C22H32N2O4S/c1-27-19-3-4-21(20(14-19)28-2)29(25,26)24-7-5-23(6-8-24)22-17-10-15-9-16(12-17)13-18(22)11-15/h3-4,14-18,22H,5-13H2,1-2H3. The molecule has 0 unspecified atom stereocenters. The van der Waals surface area contributed by atoms with Crippen molar-refractivity contribution in [2.24, 2.45) is 23.7 Å². The number of benzene rings is 1. The van der Waals surface area contributed by atoms with E-state index >= 15 is 0 Å². The summed E-state index contributed by atoms with van der Waals surface area (Å²) in [5, 5.41) is 0. The number of sulfonamides is 1. The van der Waals surface area contributed by atoms with E-state index in [9.17, 15) is 8.42 Å². The Morgan fingerprint density at radius 2 is 1.48 bits per heavy atom. The van der Waals surface area contributed by atoms with Gasteiger partial charge in [0.2, 0.25) is 10.0 Å². The molecule has 7 heteroatoms. The first-order chi connectivity index (χ1) is 14.0. The van der Waals surface area contributed by atoms with Gasteiger partial charge in [-0.25, -0.2) is 8.42 Å². The highest BCUT2D eigenvalue weighted by Crippen LogP contribution is 2.55. The van der Waals surface area contributed by atoms with Crippen LogP contribution in [0.4, 0.5) is 0 Å². The van der Waals surface area contributed by atoms with Gasteiger partial charge < -0.3 is 9.47 Å². The summed E-state index contributed by atoms with van der Waals surface area (Å²) in [6.45, 7) is 2.79. The summed E-state index contributed by atoms with van der Waals surface area (Å²) in [5.41, 5.74) is 0. The van der Waals surface area contributed by atoms with Crippen molar-refractivity contribution in [3.05, 3.63) is 18.2 Å². The molecule has 4 bridgehead atoms. The Kier molecular flexibility index (Phi) is 5.03. The van der Waals surface area contributed by atoms with Crippen molar-refractivity contribution in [2.75, 3.05) is 40.4 Å². The maximum Gasteiger partial charge on any atom is 0.246 e. The molecule has 6 nitrogen and oxygen atoms in total. The average molecular weight is 421 g/mol. The molecule has 1 aromatic rings. The van der Waals surface area contributed by atoms with E-state index in [0.29, 0.717) is 30.6 Å². The van der Waals surface area contributed by atoms with E-state index in [1.165, 1.54) is 39.2 Å². The largest absolute Gasteiger partial charge is 0.497 e. The van der Waals surface area contributed by atoms with Crippen molar-refractivity contribution in [2.45, 2.75) is 43.0 Å². The molecule has 0 atom stereocenters. The van der Waals surface area contributed by atoms with E-state index in [4.69, 9.17) is 9.47 Å². The van der Waals surface area contributed by atoms with Crippen LogP contribution in [0.15, 0.2) is 23.1 Å². The van der Waals surface area contributed by atoms with E-state index < -0.39 is 10.0 Å². The van der Waals surface area contributed by atoms with Gasteiger partial charge in [0, 0.05) is 38.3 Å². The molecule has 1 aliphatic heterocycles. The van der Waals surface area contributed by atoms with Gasteiger partial charge >= 0.3 is 0 Å². The van der Waals surface area contributed by atoms with Crippen molar-refractivity contribution in [3.63, 3.8) is 0 Å². The third kappa shape index (κ3) is 3.35. The zero-order chi connectivity index (χ0) is 20.2. The second kappa shape index (κ2) is 7.43. The van der Waals surface area contributed by atoms with Crippen molar-refractivity contribution in [3.8, 4) is 11.5 Å². The average Bonchev–Trinajstić information content (AvgIpc) is 2.73. The summed E-state index contributed by atoms with van der Waals surface area (Å²) < 4.78 is 38.7. The Morgan fingerprint density at radius 3 is 2.03 bits per heavy atom. The first kappa shape index (κ1) is 19.6. The molecule has 6 rings (SSSR count). The fourth-order valence-electron chi connectivity index (χ4n) is 6.86. The molecule has 0 radical (unpaired) electrons. The Bertz CT molecular complexity index is 836. The van der Waals surface area contributed by atoms with E-state index in [1.54, 1.807) is 29.6 Å². The molecular formula is C22H32N2O4S. The molecule has 0 spiro atoms. The Hall–Kier alpha value is -1.31. The summed E-state index contributed by atoms with van der Waals surface area (Å²) in [5.74, 6) is 4.56. The topological polar surface area (TPSA) is 59.1 Å². The van der Waals surface area contributed by atoms with Crippen LogP contribution in [-0.4, -0.2) is 64.1 Å². The zero-order valence-corrected chi connectivity index (χ0v) is 18.2. The number of piperazine rings is 1. The number of methoxy groups -OCH3 is 2. The molecule has 0 aromatic heterocycles. The molecule has 5 aliphatic rings. The monoisotopic (exact) mass is 420 g/mol. The number of hydrogen-bond donors (Lipinski definition) is 0. The minimum atomic E-state index is -3.58. The van der Waals surface area contributed by atoms with Gasteiger partial charge in [-0.1, -0.05) is 0 Å². The van der Waals surface area contributed by atoms with Gasteiger partial charge in [0.05, 0.1) is 14.2 Å². The Morgan fingerprint density at radius 1 is 0.862 bits per heavy atom. The normalized spacial score (nSPS) is 35.0. The van der Waals surface area contributed by atoms with Crippen LogP contribution < -0.4 is 9.47 Å². The second-order valence-electron chi connectivity index (χ2n) is 9.38. The van der Waals surface area contributed by atoms with E-state index in [1.807, 2.05) is 0 Å².